The maximum atomic E-state index is 13.2. The lowest BCUT2D eigenvalue weighted by atomic mass is 10.2. The van der Waals surface area contributed by atoms with E-state index in [-0.39, 0.29) is 22.7 Å². The average Bonchev–Trinajstić information content (AvgIpc) is 3.10. The van der Waals surface area contributed by atoms with Gasteiger partial charge < -0.3 is 28.7 Å². The first-order valence-electron chi connectivity index (χ1n) is 14.7. The molecule has 0 saturated carbocycles. The van der Waals surface area contributed by atoms with E-state index in [2.05, 4.69) is 20.3 Å². The lowest BCUT2D eigenvalue weighted by Gasteiger charge is -2.15. The van der Waals surface area contributed by atoms with Crippen LogP contribution in [0.1, 0.15) is 11.1 Å². The molecule has 0 saturated heterocycles. The highest BCUT2D eigenvalue weighted by atomic mass is 35.5. The van der Waals surface area contributed by atoms with Crippen molar-refractivity contribution in [1.29, 1.82) is 0 Å². The Hall–Kier alpha value is -5.43. The van der Waals surface area contributed by atoms with Gasteiger partial charge >= 0.3 is 11.1 Å². The second-order valence-electron chi connectivity index (χ2n) is 10.4. The number of nitrogens with zero attached hydrogens (tertiary/aromatic N) is 5. The fourth-order valence-electron chi connectivity index (χ4n) is 4.41. The molecule has 0 fully saturated rings. The molecule has 6 rings (SSSR count). The van der Waals surface area contributed by atoms with Crippen molar-refractivity contribution in [2.75, 3.05) is 19.5 Å². The number of hydrogen-bond donors (Lipinski definition) is 1. The highest BCUT2D eigenvalue weighted by molar-refractivity contribution is 6.30. The topological polar surface area (TPSA) is 122 Å². The lowest BCUT2D eigenvalue weighted by molar-refractivity contribution is 0.402. The maximum Gasteiger partial charge on any atom is 0.316 e. The maximum absolute atomic E-state index is 13.2. The van der Waals surface area contributed by atoms with Crippen LogP contribution in [0.25, 0.3) is 0 Å². The molecule has 256 valence electrons. The Bertz CT molecular complexity index is 2180. The number of aromatic nitrogens is 5. The molecule has 3 aromatic heterocycles. The van der Waals surface area contributed by atoms with Crippen LogP contribution in [0.15, 0.2) is 113 Å². The number of methoxy groups -OCH3 is 2. The van der Waals surface area contributed by atoms with E-state index in [4.69, 9.17) is 49.0 Å². The SMILES string of the molecule is COc1cn(Cc2ccc(Cl)cc2)c(Cl)nc1=O.COc1cn(Cc2ccc(Cl)cc2)c(Nc2ccc(Oc3cccc(F)n3)cc2)nc1=O. The summed E-state index contributed by atoms with van der Waals surface area (Å²) in [6.07, 6.45) is 3.13. The van der Waals surface area contributed by atoms with Gasteiger partial charge in [-0.2, -0.15) is 19.3 Å². The normalized spacial score (nSPS) is 10.5. The van der Waals surface area contributed by atoms with Crippen LogP contribution in [0.3, 0.4) is 0 Å². The third-order valence-electron chi connectivity index (χ3n) is 6.87. The number of rotatable bonds is 10. The minimum atomic E-state index is -0.620. The van der Waals surface area contributed by atoms with Crippen LogP contribution < -0.4 is 30.6 Å². The van der Waals surface area contributed by atoms with E-state index in [1.807, 2.05) is 24.3 Å². The van der Waals surface area contributed by atoms with Crippen molar-refractivity contribution >= 4 is 46.4 Å². The molecule has 15 heteroatoms. The van der Waals surface area contributed by atoms with Crippen molar-refractivity contribution in [3.05, 3.63) is 157 Å². The summed E-state index contributed by atoms with van der Waals surface area (Å²) >= 11 is 17.7. The lowest BCUT2D eigenvalue weighted by Crippen LogP contribution is -2.18. The van der Waals surface area contributed by atoms with Crippen LogP contribution >= 0.6 is 34.8 Å². The monoisotopic (exact) mass is 736 g/mol. The van der Waals surface area contributed by atoms with E-state index in [9.17, 15) is 14.0 Å². The van der Waals surface area contributed by atoms with Gasteiger partial charge in [-0.15, -0.1) is 0 Å². The molecule has 0 aliphatic heterocycles. The standard InChI is InChI=1S/C23H18ClFN4O3.C12H10Cl2N2O2/c1-31-19-14-29(13-15-5-7-16(24)8-6-15)23(28-22(19)30)26-17-9-11-18(12-10-17)32-21-4-2-3-20(25)27-21;1-18-10-7-16(12(14)15-11(10)17)6-8-2-4-9(13)5-3-8/h2-12,14H,13H2,1H3,(H,26,28,30);2-5,7H,6H2,1H3. The number of hydrogen-bond acceptors (Lipinski definition) is 9. The first-order valence-corrected chi connectivity index (χ1v) is 15.9. The smallest absolute Gasteiger partial charge is 0.316 e. The summed E-state index contributed by atoms with van der Waals surface area (Å²) in [6.45, 7) is 0.926. The van der Waals surface area contributed by atoms with Crippen LogP contribution in [-0.2, 0) is 13.1 Å². The molecule has 11 nitrogen and oxygen atoms in total. The second-order valence-corrected chi connectivity index (χ2v) is 11.6. The van der Waals surface area contributed by atoms with Gasteiger partial charge in [0.05, 0.1) is 33.2 Å². The van der Waals surface area contributed by atoms with Crippen molar-refractivity contribution in [1.82, 2.24) is 24.1 Å². The summed E-state index contributed by atoms with van der Waals surface area (Å²) in [6, 6.07) is 25.9. The third kappa shape index (κ3) is 9.82. The zero-order chi connectivity index (χ0) is 35.6. The minimum absolute atomic E-state index is 0.121. The molecule has 0 aliphatic rings. The Morgan fingerprint density at radius 2 is 1.22 bits per heavy atom. The Labute approximate surface area is 300 Å². The zero-order valence-corrected chi connectivity index (χ0v) is 28.8. The average molecular weight is 738 g/mol. The summed E-state index contributed by atoms with van der Waals surface area (Å²) in [4.78, 5) is 35.1. The Balaban J connectivity index is 0.000000228. The van der Waals surface area contributed by atoms with Gasteiger partial charge in [0.1, 0.15) is 5.75 Å². The van der Waals surface area contributed by atoms with Crippen LogP contribution in [0.2, 0.25) is 15.3 Å². The van der Waals surface area contributed by atoms with Crippen molar-refractivity contribution in [3.63, 3.8) is 0 Å². The Morgan fingerprint density at radius 3 is 1.78 bits per heavy atom. The second kappa shape index (κ2) is 16.8. The van der Waals surface area contributed by atoms with E-state index < -0.39 is 17.1 Å². The van der Waals surface area contributed by atoms with Gasteiger partial charge in [-0.25, -0.2) is 0 Å². The molecule has 0 unspecified atom stereocenters. The summed E-state index contributed by atoms with van der Waals surface area (Å²) in [5, 5.41) is 4.56. The number of pyridine rings is 1. The van der Waals surface area contributed by atoms with Gasteiger partial charge in [0.15, 0.2) is 0 Å². The van der Waals surface area contributed by atoms with Crippen molar-refractivity contribution in [2.45, 2.75) is 13.1 Å². The molecule has 3 heterocycles. The number of benzene rings is 3. The zero-order valence-electron chi connectivity index (χ0n) is 26.5. The molecular weight excluding hydrogens is 710 g/mol. The fourth-order valence-corrected chi connectivity index (χ4v) is 4.85. The molecule has 50 heavy (non-hydrogen) atoms. The third-order valence-corrected chi connectivity index (χ3v) is 7.68. The predicted molar refractivity (Wildman–Crippen MR) is 190 cm³/mol. The molecule has 0 bridgehead atoms. The molecule has 0 aliphatic carbocycles. The number of anilines is 2. The van der Waals surface area contributed by atoms with E-state index in [1.165, 1.54) is 32.5 Å². The van der Waals surface area contributed by atoms with Gasteiger partial charge in [0, 0.05) is 28.3 Å². The molecule has 1 N–H and O–H groups in total. The van der Waals surface area contributed by atoms with Crippen LogP contribution in [0.5, 0.6) is 23.1 Å². The predicted octanol–water partition coefficient (Wildman–Crippen LogP) is 7.63. The van der Waals surface area contributed by atoms with Crippen LogP contribution in [-0.4, -0.2) is 38.3 Å². The van der Waals surface area contributed by atoms with Crippen LogP contribution in [0.4, 0.5) is 16.0 Å². The Morgan fingerprint density at radius 1 is 0.680 bits per heavy atom. The summed E-state index contributed by atoms with van der Waals surface area (Å²) in [5.74, 6) is 0.648. The summed E-state index contributed by atoms with van der Waals surface area (Å²) < 4.78 is 32.2. The van der Waals surface area contributed by atoms with E-state index in [1.54, 1.807) is 69.9 Å². The molecule has 6 aromatic rings. The molecule has 3 aromatic carbocycles. The van der Waals surface area contributed by atoms with Gasteiger partial charge in [0.2, 0.25) is 34.6 Å². The molecule has 0 radical (unpaired) electrons. The first-order chi connectivity index (χ1) is 24.1. The highest BCUT2D eigenvalue weighted by Crippen LogP contribution is 2.24. The summed E-state index contributed by atoms with van der Waals surface area (Å²) in [5.41, 5.74) is 1.67. The molecule has 0 spiro atoms. The van der Waals surface area contributed by atoms with Gasteiger partial charge in [-0.05, 0) is 77.3 Å². The fraction of sp³-hybridized carbons (Fsp3) is 0.114. The van der Waals surface area contributed by atoms with Crippen LogP contribution in [0, 0.1) is 5.95 Å². The minimum Gasteiger partial charge on any atom is -0.490 e. The van der Waals surface area contributed by atoms with Crippen molar-refractivity contribution < 1.29 is 18.6 Å². The van der Waals surface area contributed by atoms with Crippen molar-refractivity contribution in [3.8, 4) is 23.1 Å². The van der Waals surface area contributed by atoms with Gasteiger partial charge in [-0.3, -0.25) is 9.59 Å². The number of halogens is 4. The number of ether oxygens (including phenoxy) is 3. The largest absolute Gasteiger partial charge is 0.490 e. The molecule has 0 atom stereocenters. The van der Waals surface area contributed by atoms with E-state index >= 15 is 0 Å². The molecular formula is C35H28Cl3FN6O5. The van der Waals surface area contributed by atoms with E-state index in [0.717, 1.165) is 11.1 Å². The Kier molecular flexibility index (Phi) is 12.0. The van der Waals surface area contributed by atoms with Crippen molar-refractivity contribution in [2.24, 2.45) is 0 Å². The van der Waals surface area contributed by atoms with Gasteiger partial charge in [-0.1, -0.05) is 53.5 Å². The quantitative estimate of drug-likeness (QED) is 0.112. The van der Waals surface area contributed by atoms with Gasteiger partial charge in [0.25, 0.3) is 0 Å². The molecule has 0 amide bonds. The highest BCUT2D eigenvalue weighted by Gasteiger charge is 2.11. The number of nitrogens with one attached hydrogen (secondary N) is 1. The summed E-state index contributed by atoms with van der Waals surface area (Å²) in [7, 11) is 2.84. The first kappa shape index (κ1) is 35.9. The van der Waals surface area contributed by atoms with E-state index in [0.29, 0.717) is 40.5 Å².